The first-order valence-corrected chi connectivity index (χ1v) is 7.99. The van der Waals surface area contributed by atoms with Crippen LogP contribution in [0, 0.1) is 0 Å². The summed E-state index contributed by atoms with van der Waals surface area (Å²) >= 11 is 12.4. The Balaban J connectivity index is 1.80. The molecule has 2 heterocycles. The smallest absolute Gasteiger partial charge is 0.270 e. The van der Waals surface area contributed by atoms with Gasteiger partial charge in [-0.1, -0.05) is 41.7 Å². The SMILES string of the molecule is O=C1/C(=C/C=C/c2ccco2)SC(=S)N1c1ccc(Cl)cc1. The highest BCUT2D eigenvalue weighted by atomic mass is 35.5. The van der Waals surface area contributed by atoms with E-state index in [1.807, 2.05) is 6.07 Å². The molecule has 0 saturated carbocycles. The highest BCUT2D eigenvalue weighted by Crippen LogP contribution is 2.35. The van der Waals surface area contributed by atoms with E-state index >= 15 is 0 Å². The minimum Gasteiger partial charge on any atom is -0.465 e. The van der Waals surface area contributed by atoms with Gasteiger partial charge >= 0.3 is 0 Å². The van der Waals surface area contributed by atoms with Gasteiger partial charge in [0, 0.05) is 5.02 Å². The molecule has 1 saturated heterocycles. The fourth-order valence-corrected chi connectivity index (χ4v) is 3.29. The first-order chi connectivity index (χ1) is 10.6. The zero-order chi connectivity index (χ0) is 15.5. The molecule has 3 rings (SSSR count). The van der Waals surface area contributed by atoms with Crippen LogP contribution in [0.2, 0.25) is 5.02 Å². The Bertz CT molecular complexity index is 764. The average Bonchev–Trinajstić information content (AvgIpc) is 3.10. The fraction of sp³-hybridized carbons (Fsp3) is 0. The first-order valence-electron chi connectivity index (χ1n) is 6.39. The topological polar surface area (TPSA) is 33.5 Å². The number of nitrogens with zero attached hydrogens (tertiary/aromatic N) is 1. The van der Waals surface area contributed by atoms with Crippen molar-refractivity contribution in [1.82, 2.24) is 0 Å². The molecule has 2 aromatic rings. The third-order valence-corrected chi connectivity index (χ3v) is 4.50. The Kier molecular flexibility index (Phi) is 4.47. The van der Waals surface area contributed by atoms with E-state index in [-0.39, 0.29) is 5.91 Å². The van der Waals surface area contributed by atoms with Crippen molar-refractivity contribution >= 4 is 57.6 Å². The van der Waals surface area contributed by atoms with Crippen molar-refractivity contribution < 1.29 is 9.21 Å². The molecule has 1 aliphatic rings. The van der Waals surface area contributed by atoms with Crippen molar-refractivity contribution in [1.29, 1.82) is 0 Å². The molecule has 1 amide bonds. The highest BCUT2D eigenvalue weighted by molar-refractivity contribution is 8.27. The lowest BCUT2D eigenvalue weighted by Gasteiger charge is -2.14. The maximum absolute atomic E-state index is 12.5. The van der Waals surface area contributed by atoms with Crippen LogP contribution in [-0.4, -0.2) is 10.2 Å². The van der Waals surface area contributed by atoms with Crippen molar-refractivity contribution in [3.05, 3.63) is 70.5 Å². The summed E-state index contributed by atoms with van der Waals surface area (Å²) in [6.07, 6.45) is 6.89. The molecular weight excluding hydrogens is 338 g/mol. The minimum absolute atomic E-state index is 0.138. The van der Waals surface area contributed by atoms with Crippen LogP contribution in [0.15, 0.2) is 64.1 Å². The van der Waals surface area contributed by atoms with Gasteiger partial charge in [0.2, 0.25) is 0 Å². The predicted octanol–water partition coefficient (Wildman–Crippen LogP) is 4.90. The second kappa shape index (κ2) is 6.52. The van der Waals surface area contributed by atoms with Gasteiger partial charge < -0.3 is 4.42 Å². The number of halogens is 1. The van der Waals surface area contributed by atoms with E-state index in [2.05, 4.69) is 0 Å². The van der Waals surface area contributed by atoms with E-state index in [1.165, 1.54) is 16.7 Å². The summed E-state index contributed by atoms with van der Waals surface area (Å²) < 4.78 is 5.70. The third-order valence-electron chi connectivity index (χ3n) is 2.93. The number of carbonyl (C=O) groups is 1. The van der Waals surface area contributed by atoms with Gasteiger partial charge in [-0.3, -0.25) is 9.69 Å². The summed E-state index contributed by atoms with van der Waals surface area (Å²) in [4.78, 5) is 14.5. The van der Waals surface area contributed by atoms with Crippen LogP contribution in [0.5, 0.6) is 0 Å². The molecule has 1 aliphatic heterocycles. The van der Waals surface area contributed by atoms with Crippen molar-refractivity contribution in [3.8, 4) is 0 Å². The quantitative estimate of drug-likeness (QED) is 0.584. The van der Waals surface area contributed by atoms with E-state index in [4.69, 9.17) is 28.2 Å². The first kappa shape index (κ1) is 15.1. The van der Waals surface area contributed by atoms with E-state index in [0.29, 0.717) is 19.9 Å². The molecular formula is C16H10ClNO2S2. The molecule has 0 bridgehead atoms. The monoisotopic (exact) mass is 347 g/mol. The third kappa shape index (κ3) is 3.16. The van der Waals surface area contributed by atoms with E-state index in [1.54, 1.807) is 54.8 Å². The maximum Gasteiger partial charge on any atom is 0.270 e. The Hall–Kier alpha value is -1.82. The fourth-order valence-electron chi connectivity index (χ4n) is 1.91. The van der Waals surface area contributed by atoms with Crippen molar-refractivity contribution in [2.75, 3.05) is 4.90 Å². The molecule has 0 radical (unpaired) electrons. The number of hydrogen-bond acceptors (Lipinski definition) is 4. The zero-order valence-corrected chi connectivity index (χ0v) is 13.6. The molecule has 0 aliphatic carbocycles. The number of thiocarbonyl (C=S) groups is 1. The molecule has 1 fully saturated rings. The molecule has 1 aromatic heterocycles. The standard InChI is InChI=1S/C16H10ClNO2S2/c17-11-6-8-12(9-7-11)18-15(19)14(22-16(18)21)5-1-3-13-4-2-10-20-13/h1-10H/b3-1+,14-5-. The predicted molar refractivity (Wildman–Crippen MR) is 95.0 cm³/mol. The lowest BCUT2D eigenvalue weighted by molar-refractivity contribution is -0.113. The lowest BCUT2D eigenvalue weighted by atomic mass is 10.3. The number of allylic oxidation sites excluding steroid dienone is 2. The van der Waals surface area contributed by atoms with Crippen LogP contribution in [0.3, 0.4) is 0 Å². The summed E-state index contributed by atoms with van der Waals surface area (Å²) in [7, 11) is 0. The Morgan fingerprint density at radius 1 is 1.23 bits per heavy atom. The number of anilines is 1. The molecule has 22 heavy (non-hydrogen) atoms. The normalized spacial score (nSPS) is 17.1. The molecule has 110 valence electrons. The number of thioether (sulfide) groups is 1. The van der Waals surface area contributed by atoms with Gasteiger partial charge in [-0.15, -0.1) is 0 Å². The highest BCUT2D eigenvalue weighted by Gasteiger charge is 2.32. The van der Waals surface area contributed by atoms with Gasteiger partial charge in [0.15, 0.2) is 4.32 Å². The second-order valence-electron chi connectivity index (χ2n) is 4.39. The molecule has 0 N–H and O–H groups in total. The number of rotatable bonds is 3. The van der Waals surface area contributed by atoms with Crippen LogP contribution in [-0.2, 0) is 4.79 Å². The Morgan fingerprint density at radius 3 is 2.68 bits per heavy atom. The van der Waals surface area contributed by atoms with Gasteiger partial charge in [-0.25, -0.2) is 0 Å². The number of carbonyl (C=O) groups excluding carboxylic acids is 1. The van der Waals surface area contributed by atoms with Crippen LogP contribution < -0.4 is 4.90 Å². The molecule has 6 heteroatoms. The van der Waals surface area contributed by atoms with Crippen LogP contribution in [0.25, 0.3) is 6.08 Å². The summed E-state index contributed by atoms with van der Waals surface area (Å²) in [6, 6.07) is 10.7. The van der Waals surface area contributed by atoms with E-state index < -0.39 is 0 Å². The van der Waals surface area contributed by atoms with Gasteiger partial charge in [-0.2, -0.15) is 0 Å². The van der Waals surface area contributed by atoms with Crippen molar-refractivity contribution in [2.24, 2.45) is 0 Å². The number of furan rings is 1. The lowest BCUT2D eigenvalue weighted by Crippen LogP contribution is -2.27. The van der Waals surface area contributed by atoms with E-state index in [9.17, 15) is 4.79 Å². The minimum atomic E-state index is -0.138. The van der Waals surface area contributed by atoms with Gasteiger partial charge in [-0.05, 0) is 48.6 Å². The molecule has 0 atom stereocenters. The number of amides is 1. The average molecular weight is 348 g/mol. The van der Waals surface area contributed by atoms with Crippen molar-refractivity contribution in [3.63, 3.8) is 0 Å². The van der Waals surface area contributed by atoms with Crippen molar-refractivity contribution in [2.45, 2.75) is 0 Å². The number of hydrogen-bond donors (Lipinski definition) is 0. The van der Waals surface area contributed by atoms with Crippen LogP contribution in [0.4, 0.5) is 5.69 Å². The van der Waals surface area contributed by atoms with E-state index in [0.717, 1.165) is 5.76 Å². The second-order valence-corrected chi connectivity index (χ2v) is 6.50. The van der Waals surface area contributed by atoms with Crippen LogP contribution in [0.1, 0.15) is 5.76 Å². The Labute approximate surface area is 142 Å². The molecule has 1 aromatic carbocycles. The summed E-state index contributed by atoms with van der Waals surface area (Å²) in [5, 5.41) is 0.617. The van der Waals surface area contributed by atoms with Gasteiger partial charge in [0.25, 0.3) is 5.91 Å². The Morgan fingerprint density at radius 2 is 2.00 bits per heavy atom. The molecule has 3 nitrogen and oxygen atoms in total. The largest absolute Gasteiger partial charge is 0.465 e. The summed E-state index contributed by atoms with van der Waals surface area (Å²) in [5.74, 6) is 0.589. The number of benzene rings is 1. The maximum atomic E-state index is 12.5. The zero-order valence-electron chi connectivity index (χ0n) is 11.2. The van der Waals surface area contributed by atoms with Gasteiger partial charge in [0.1, 0.15) is 5.76 Å². The molecule has 0 unspecified atom stereocenters. The summed E-state index contributed by atoms with van der Waals surface area (Å²) in [5.41, 5.74) is 0.713. The summed E-state index contributed by atoms with van der Waals surface area (Å²) in [6.45, 7) is 0. The molecule has 0 spiro atoms. The van der Waals surface area contributed by atoms with Gasteiger partial charge in [0.05, 0.1) is 16.9 Å². The van der Waals surface area contributed by atoms with Crippen LogP contribution >= 0.6 is 35.6 Å².